The standard InChI is InChI=1S/C15H15NO3S/c17-15(13-6-2-1-3-7-13)16-10-9-12-5-4-8-14(11-12)20(18)19/h1-8,11H,9-10H2,(H,16,17)(H,18,19). The van der Waals surface area contributed by atoms with E-state index in [-0.39, 0.29) is 5.91 Å². The molecule has 0 spiro atoms. The molecule has 5 heteroatoms. The van der Waals surface area contributed by atoms with Crippen molar-refractivity contribution in [2.45, 2.75) is 11.3 Å². The van der Waals surface area contributed by atoms with E-state index in [9.17, 15) is 9.00 Å². The summed E-state index contributed by atoms with van der Waals surface area (Å²) >= 11 is -1.97. The number of hydrogen-bond donors (Lipinski definition) is 2. The Morgan fingerprint density at radius 3 is 2.55 bits per heavy atom. The van der Waals surface area contributed by atoms with E-state index >= 15 is 0 Å². The fourth-order valence-corrected chi connectivity index (χ4v) is 2.27. The number of amides is 1. The van der Waals surface area contributed by atoms with Crippen LogP contribution >= 0.6 is 0 Å². The van der Waals surface area contributed by atoms with Gasteiger partial charge in [-0.2, -0.15) is 0 Å². The molecule has 0 saturated heterocycles. The fourth-order valence-electron chi connectivity index (χ4n) is 1.82. The van der Waals surface area contributed by atoms with Gasteiger partial charge in [0, 0.05) is 12.1 Å². The van der Waals surface area contributed by atoms with Gasteiger partial charge in [-0.05, 0) is 36.2 Å². The number of benzene rings is 2. The van der Waals surface area contributed by atoms with E-state index in [0.717, 1.165) is 5.56 Å². The summed E-state index contributed by atoms with van der Waals surface area (Å²) in [6.07, 6.45) is 0.615. The fraction of sp³-hybridized carbons (Fsp3) is 0.133. The summed E-state index contributed by atoms with van der Waals surface area (Å²) in [7, 11) is 0. The predicted molar refractivity (Wildman–Crippen MR) is 78.0 cm³/mol. The zero-order valence-corrected chi connectivity index (χ0v) is 11.6. The normalized spacial score (nSPS) is 11.8. The molecule has 104 valence electrons. The van der Waals surface area contributed by atoms with Gasteiger partial charge in [-0.25, -0.2) is 4.21 Å². The van der Waals surface area contributed by atoms with Crippen molar-refractivity contribution >= 4 is 17.0 Å². The van der Waals surface area contributed by atoms with Crippen molar-refractivity contribution < 1.29 is 13.6 Å². The van der Waals surface area contributed by atoms with Crippen molar-refractivity contribution in [1.29, 1.82) is 0 Å². The molecule has 0 aliphatic heterocycles. The third-order valence-electron chi connectivity index (χ3n) is 2.84. The van der Waals surface area contributed by atoms with Gasteiger partial charge in [0.15, 0.2) is 11.1 Å². The third-order valence-corrected chi connectivity index (χ3v) is 3.49. The number of nitrogens with one attached hydrogen (secondary N) is 1. The molecule has 0 saturated carbocycles. The van der Waals surface area contributed by atoms with Gasteiger partial charge in [0.2, 0.25) is 0 Å². The molecule has 1 unspecified atom stereocenters. The van der Waals surface area contributed by atoms with E-state index in [1.807, 2.05) is 24.3 Å². The quantitative estimate of drug-likeness (QED) is 0.830. The first-order chi connectivity index (χ1) is 9.66. The average molecular weight is 289 g/mol. The van der Waals surface area contributed by atoms with Gasteiger partial charge >= 0.3 is 0 Å². The van der Waals surface area contributed by atoms with E-state index in [1.54, 1.807) is 30.3 Å². The lowest BCUT2D eigenvalue weighted by Gasteiger charge is -2.06. The van der Waals surface area contributed by atoms with Gasteiger partial charge in [-0.15, -0.1) is 0 Å². The Kier molecular flexibility index (Phi) is 5.03. The maximum atomic E-state index is 11.8. The molecule has 20 heavy (non-hydrogen) atoms. The van der Waals surface area contributed by atoms with Crippen LogP contribution < -0.4 is 5.32 Å². The number of carbonyl (C=O) groups excluding carboxylic acids is 1. The molecule has 0 radical (unpaired) electrons. The van der Waals surface area contributed by atoms with Crippen LogP contribution in [0.1, 0.15) is 15.9 Å². The van der Waals surface area contributed by atoms with Gasteiger partial charge < -0.3 is 9.87 Å². The van der Waals surface area contributed by atoms with Crippen LogP contribution in [0.4, 0.5) is 0 Å². The minimum absolute atomic E-state index is 0.118. The van der Waals surface area contributed by atoms with Crippen LogP contribution in [0.5, 0.6) is 0 Å². The van der Waals surface area contributed by atoms with Crippen LogP contribution in [0.25, 0.3) is 0 Å². The Morgan fingerprint density at radius 1 is 1.10 bits per heavy atom. The van der Waals surface area contributed by atoms with E-state index in [0.29, 0.717) is 23.4 Å². The van der Waals surface area contributed by atoms with Gasteiger partial charge in [0.1, 0.15) is 0 Å². The lowest BCUT2D eigenvalue weighted by molar-refractivity contribution is 0.0954. The first-order valence-corrected chi connectivity index (χ1v) is 7.30. The summed E-state index contributed by atoms with van der Waals surface area (Å²) in [5, 5.41) is 2.82. The highest BCUT2D eigenvalue weighted by atomic mass is 32.2. The average Bonchev–Trinajstić information content (AvgIpc) is 2.48. The van der Waals surface area contributed by atoms with E-state index < -0.39 is 11.1 Å². The zero-order valence-electron chi connectivity index (χ0n) is 10.8. The van der Waals surface area contributed by atoms with E-state index in [2.05, 4.69) is 5.32 Å². The highest BCUT2D eigenvalue weighted by molar-refractivity contribution is 7.79. The lowest BCUT2D eigenvalue weighted by Crippen LogP contribution is -2.25. The van der Waals surface area contributed by atoms with E-state index in [4.69, 9.17) is 4.55 Å². The molecule has 2 aromatic carbocycles. The summed E-state index contributed by atoms with van der Waals surface area (Å²) < 4.78 is 20.0. The van der Waals surface area contributed by atoms with Crippen LogP contribution in [0.15, 0.2) is 59.5 Å². The topological polar surface area (TPSA) is 66.4 Å². The second-order valence-electron chi connectivity index (χ2n) is 4.27. The van der Waals surface area contributed by atoms with Crippen LogP contribution in [0.3, 0.4) is 0 Å². The lowest BCUT2D eigenvalue weighted by atomic mass is 10.1. The molecule has 0 fully saturated rings. The Balaban J connectivity index is 1.89. The molecular formula is C15H15NO3S. The number of rotatable bonds is 5. The molecule has 1 amide bonds. The minimum atomic E-state index is -1.97. The van der Waals surface area contributed by atoms with Crippen molar-refractivity contribution in [3.05, 3.63) is 65.7 Å². The molecule has 2 aromatic rings. The summed E-state index contributed by atoms with van der Waals surface area (Å²) in [5.41, 5.74) is 1.54. The Hall–Kier alpha value is -1.98. The zero-order chi connectivity index (χ0) is 14.4. The molecule has 0 heterocycles. The first-order valence-electron chi connectivity index (χ1n) is 6.20. The van der Waals surface area contributed by atoms with Gasteiger partial charge in [-0.1, -0.05) is 30.3 Å². The highest BCUT2D eigenvalue weighted by Crippen LogP contribution is 2.08. The number of hydrogen-bond acceptors (Lipinski definition) is 2. The van der Waals surface area contributed by atoms with Gasteiger partial charge in [-0.3, -0.25) is 4.79 Å². The summed E-state index contributed by atoms with van der Waals surface area (Å²) in [6.45, 7) is 0.481. The first kappa shape index (κ1) is 14.4. The molecule has 4 nitrogen and oxygen atoms in total. The summed E-state index contributed by atoms with van der Waals surface area (Å²) in [6, 6.07) is 15.9. The Morgan fingerprint density at radius 2 is 1.85 bits per heavy atom. The number of carbonyl (C=O) groups is 1. The molecule has 0 bridgehead atoms. The SMILES string of the molecule is O=C(NCCc1cccc(S(=O)O)c1)c1ccccc1. The Bertz CT molecular complexity index is 614. The van der Waals surface area contributed by atoms with Gasteiger partial charge in [0.05, 0.1) is 4.90 Å². The van der Waals surface area contributed by atoms with Crippen LogP contribution in [-0.2, 0) is 17.5 Å². The summed E-state index contributed by atoms with van der Waals surface area (Å²) in [4.78, 5) is 12.2. The van der Waals surface area contributed by atoms with Crippen molar-refractivity contribution in [2.24, 2.45) is 0 Å². The second-order valence-corrected chi connectivity index (χ2v) is 5.24. The molecule has 0 aliphatic rings. The maximum absolute atomic E-state index is 11.8. The Labute approximate surface area is 120 Å². The van der Waals surface area contributed by atoms with Crippen LogP contribution in [0.2, 0.25) is 0 Å². The second kappa shape index (κ2) is 6.98. The maximum Gasteiger partial charge on any atom is 0.251 e. The minimum Gasteiger partial charge on any atom is -0.352 e. The molecule has 1 atom stereocenters. The largest absolute Gasteiger partial charge is 0.352 e. The third kappa shape index (κ3) is 4.01. The molecular weight excluding hydrogens is 274 g/mol. The van der Waals surface area contributed by atoms with Crippen LogP contribution in [-0.4, -0.2) is 21.2 Å². The molecule has 0 aromatic heterocycles. The van der Waals surface area contributed by atoms with Crippen LogP contribution in [0, 0.1) is 0 Å². The predicted octanol–water partition coefficient (Wildman–Crippen LogP) is 2.24. The molecule has 2 N–H and O–H groups in total. The van der Waals surface area contributed by atoms with Crippen molar-refractivity contribution in [3.63, 3.8) is 0 Å². The molecule has 2 rings (SSSR count). The summed E-state index contributed by atoms with van der Waals surface area (Å²) in [5.74, 6) is -0.118. The molecule has 0 aliphatic carbocycles. The van der Waals surface area contributed by atoms with Crippen molar-refractivity contribution in [1.82, 2.24) is 5.32 Å². The van der Waals surface area contributed by atoms with Crippen molar-refractivity contribution in [2.75, 3.05) is 6.54 Å². The smallest absolute Gasteiger partial charge is 0.251 e. The van der Waals surface area contributed by atoms with Crippen molar-refractivity contribution in [3.8, 4) is 0 Å². The van der Waals surface area contributed by atoms with Gasteiger partial charge in [0.25, 0.3) is 5.91 Å². The highest BCUT2D eigenvalue weighted by Gasteiger charge is 2.04. The monoisotopic (exact) mass is 289 g/mol. The van der Waals surface area contributed by atoms with E-state index in [1.165, 1.54) is 0 Å².